The number of rotatable bonds is 8. The van der Waals surface area contributed by atoms with Crippen LogP contribution in [-0.2, 0) is 4.79 Å². The van der Waals surface area contributed by atoms with Gasteiger partial charge in [0.25, 0.3) is 0 Å². The van der Waals surface area contributed by atoms with E-state index in [1.165, 1.54) is 0 Å². The number of hydrogen-bond acceptors (Lipinski definition) is 4. The topological polar surface area (TPSA) is 59.6 Å². The molecule has 0 fully saturated rings. The molecule has 0 aliphatic heterocycles. The quantitative estimate of drug-likeness (QED) is 0.721. The molecule has 0 aliphatic rings. The van der Waals surface area contributed by atoms with Crippen molar-refractivity contribution in [3.8, 4) is 11.5 Å². The molecule has 0 heterocycles. The van der Waals surface area contributed by atoms with Gasteiger partial charge in [-0.1, -0.05) is 23.7 Å². The second kappa shape index (κ2) is 9.18. The molecule has 0 saturated carbocycles. The minimum Gasteiger partial charge on any atom is -0.495 e. The molecule has 0 saturated heterocycles. The average molecular weight is 363 g/mol. The van der Waals surface area contributed by atoms with E-state index in [2.05, 4.69) is 10.6 Å². The van der Waals surface area contributed by atoms with Crippen molar-refractivity contribution in [2.45, 2.75) is 26.4 Å². The van der Waals surface area contributed by atoms with E-state index in [1.807, 2.05) is 44.2 Å². The fourth-order valence-electron chi connectivity index (χ4n) is 2.24. The molecule has 5 nitrogen and oxygen atoms in total. The summed E-state index contributed by atoms with van der Waals surface area (Å²) in [6.45, 7) is 4.38. The van der Waals surface area contributed by atoms with Crippen molar-refractivity contribution >= 4 is 28.9 Å². The summed E-state index contributed by atoms with van der Waals surface area (Å²) < 4.78 is 10.8. The van der Waals surface area contributed by atoms with Gasteiger partial charge in [-0.25, -0.2) is 0 Å². The maximum atomic E-state index is 12.2. The van der Waals surface area contributed by atoms with Gasteiger partial charge < -0.3 is 20.1 Å². The molecule has 134 valence electrons. The number of nitrogens with one attached hydrogen (secondary N) is 2. The number of amides is 1. The molecule has 0 bridgehead atoms. The van der Waals surface area contributed by atoms with Gasteiger partial charge in [0, 0.05) is 18.7 Å². The van der Waals surface area contributed by atoms with Crippen LogP contribution in [0.15, 0.2) is 42.5 Å². The zero-order valence-corrected chi connectivity index (χ0v) is 15.4. The summed E-state index contributed by atoms with van der Waals surface area (Å²) in [6, 6.07) is 12.8. The average Bonchev–Trinajstić information content (AvgIpc) is 2.56. The molecule has 0 unspecified atom stereocenters. The summed E-state index contributed by atoms with van der Waals surface area (Å²) >= 11 is 6.08. The Morgan fingerprint density at radius 2 is 1.92 bits per heavy atom. The Morgan fingerprint density at radius 3 is 2.60 bits per heavy atom. The van der Waals surface area contributed by atoms with Crippen LogP contribution in [0.4, 0.5) is 11.4 Å². The number of hydrogen-bond donors (Lipinski definition) is 2. The lowest BCUT2D eigenvalue weighted by atomic mass is 10.2. The summed E-state index contributed by atoms with van der Waals surface area (Å²) in [7, 11) is 1.57. The molecule has 0 aromatic heterocycles. The highest BCUT2D eigenvalue weighted by atomic mass is 35.5. The van der Waals surface area contributed by atoms with E-state index in [9.17, 15) is 4.79 Å². The van der Waals surface area contributed by atoms with Crippen molar-refractivity contribution in [2.24, 2.45) is 0 Å². The van der Waals surface area contributed by atoms with Crippen LogP contribution in [0.2, 0.25) is 5.02 Å². The molecule has 2 aromatic rings. The zero-order valence-electron chi connectivity index (χ0n) is 14.6. The van der Waals surface area contributed by atoms with E-state index < -0.39 is 0 Å². The highest BCUT2D eigenvalue weighted by molar-refractivity contribution is 6.32. The fourth-order valence-corrected chi connectivity index (χ4v) is 2.49. The minimum atomic E-state index is -0.0908. The van der Waals surface area contributed by atoms with Crippen LogP contribution in [0.5, 0.6) is 11.5 Å². The number of ether oxygens (including phenoxy) is 2. The third kappa shape index (κ3) is 5.87. The van der Waals surface area contributed by atoms with Crippen LogP contribution in [0.25, 0.3) is 0 Å². The SMILES string of the molecule is COc1ccc(NCCC(=O)Nc2ccccc2OC(C)C)cc1Cl. The summed E-state index contributed by atoms with van der Waals surface area (Å²) in [4.78, 5) is 12.2. The summed E-state index contributed by atoms with van der Waals surface area (Å²) in [6.07, 6.45) is 0.360. The normalized spacial score (nSPS) is 10.4. The first-order chi connectivity index (χ1) is 12.0. The van der Waals surface area contributed by atoms with E-state index in [-0.39, 0.29) is 12.0 Å². The molecule has 0 radical (unpaired) electrons. The van der Waals surface area contributed by atoms with Gasteiger partial charge in [0.2, 0.25) is 5.91 Å². The molecule has 2 N–H and O–H groups in total. The van der Waals surface area contributed by atoms with Crippen LogP contribution < -0.4 is 20.1 Å². The molecule has 0 aliphatic carbocycles. The molecule has 0 atom stereocenters. The Labute approximate surface area is 153 Å². The molecule has 1 amide bonds. The Hall–Kier alpha value is -2.40. The van der Waals surface area contributed by atoms with Gasteiger partial charge in [-0.2, -0.15) is 0 Å². The van der Waals surface area contributed by atoms with Gasteiger partial charge in [-0.3, -0.25) is 4.79 Å². The monoisotopic (exact) mass is 362 g/mol. The summed E-state index contributed by atoms with van der Waals surface area (Å²) in [5.41, 5.74) is 1.51. The number of para-hydroxylation sites is 2. The van der Waals surface area contributed by atoms with E-state index in [1.54, 1.807) is 19.2 Å². The first kappa shape index (κ1) is 18.9. The second-order valence-electron chi connectivity index (χ2n) is 5.74. The standard InChI is InChI=1S/C19H23ClN2O3/c1-13(2)25-18-7-5-4-6-16(18)22-19(23)10-11-21-14-8-9-17(24-3)15(20)12-14/h4-9,12-13,21H,10-11H2,1-3H3,(H,22,23). The van der Waals surface area contributed by atoms with Crippen LogP contribution in [-0.4, -0.2) is 25.7 Å². The van der Waals surface area contributed by atoms with Crippen LogP contribution in [0, 0.1) is 0 Å². The smallest absolute Gasteiger partial charge is 0.226 e. The molecular formula is C19H23ClN2O3. The van der Waals surface area contributed by atoms with Gasteiger partial charge in [-0.05, 0) is 44.2 Å². The summed E-state index contributed by atoms with van der Waals surface area (Å²) in [5, 5.41) is 6.57. The predicted octanol–water partition coefficient (Wildman–Crippen LogP) is 4.58. The van der Waals surface area contributed by atoms with Gasteiger partial charge in [0.1, 0.15) is 11.5 Å². The molecule has 2 aromatic carbocycles. The minimum absolute atomic E-state index is 0.0412. The lowest BCUT2D eigenvalue weighted by Crippen LogP contribution is -2.17. The zero-order chi connectivity index (χ0) is 18.2. The van der Waals surface area contributed by atoms with E-state index in [4.69, 9.17) is 21.1 Å². The highest BCUT2D eigenvalue weighted by Gasteiger charge is 2.09. The summed E-state index contributed by atoms with van der Waals surface area (Å²) in [5.74, 6) is 1.19. The van der Waals surface area contributed by atoms with Crippen molar-refractivity contribution < 1.29 is 14.3 Å². The van der Waals surface area contributed by atoms with Gasteiger partial charge >= 0.3 is 0 Å². The Kier molecular flexibility index (Phi) is 6.95. The second-order valence-corrected chi connectivity index (χ2v) is 6.14. The predicted molar refractivity (Wildman–Crippen MR) is 102 cm³/mol. The maximum Gasteiger partial charge on any atom is 0.226 e. The van der Waals surface area contributed by atoms with E-state index in [0.29, 0.717) is 35.2 Å². The molecule has 25 heavy (non-hydrogen) atoms. The van der Waals surface area contributed by atoms with Crippen molar-refractivity contribution in [3.63, 3.8) is 0 Å². The molecular weight excluding hydrogens is 340 g/mol. The Morgan fingerprint density at radius 1 is 1.16 bits per heavy atom. The van der Waals surface area contributed by atoms with E-state index >= 15 is 0 Å². The largest absolute Gasteiger partial charge is 0.495 e. The Bertz CT molecular complexity index is 720. The number of benzene rings is 2. The number of methoxy groups -OCH3 is 1. The maximum absolute atomic E-state index is 12.2. The first-order valence-electron chi connectivity index (χ1n) is 8.12. The van der Waals surface area contributed by atoms with Crippen LogP contribution >= 0.6 is 11.6 Å². The number of halogens is 1. The lowest BCUT2D eigenvalue weighted by molar-refractivity contribution is -0.116. The number of anilines is 2. The third-order valence-corrected chi connectivity index (χ3v) is 3.65. The van der Waals surface area contributed by atoms with Crippen LogP contribution in [0.1, 0.15) is 20.3 Å². The van der Waals surface area contributed by atoms with Crippen molar-refractivity contribution in [1.29, 1.82) is 0 Å². The molecule has 2 rings (SSSR count). The van der Waals surface area contributed by atoms with Crippen molar-refractivity contribution in [1.82, 2.24) is 0 Å². The third-order valence-electron chi connectivity index (χ3n) is 3.36. The fraction of sp³-hybridized carbons (Fsp3) is 0.316. The van der Waals surface area contributed by atoms with Crippen molar-refractivity contribution in [2.75, 3.05) is 24.3 Å². The molecule has 6 heteroatoms. The number of carbonyl (C=O) groups excluding carboxylic acids is 1. The lowest BCUT2D eigenvalue weighted by Gasteiger charge is -2.15. The van der Waals surface area contributed by atoms with Crippen molar-refractivity contribution in [3.05, 3.63) is 47.5 Å². The van der Waals surface area contributed by atoms with Crippen LogP contribution in [0.3, 0.4) is 0 Å². The molecule has 0 spiro atoms. The Balaban J connectivity index is 1.86. The highest BCUT2D eigenvalue weighted by Crippen LogP contribution is 2.27. The van der Waals surface area contributed by atoms with Gasteiger partial charge in [-0.15, -0.1) is 0 Å². The first-order valence-corrected chi connectivity index (χ1v) is 8.50. The van der Waals surface area contributed by atoms with Gasteiger partial charge in [0.05, 0.1) is 23.9 Å². The van der Waals surface area contributed by atoms with E-state index in [0.717, 1.165) is 5.69 Å². The number of carbonyl (C=O) groups is 1. The van der Waals surface area contributed by atoms with Gasteiger partial charge in [0.15, 0.2) is 0 Å².